The molecule has 11 nitrogen and oxygen atoms in total. The van der Waals surface area contributed by atoms with E-state index in [4.69, 9.17) is 18.6 Å². The van der Waals surface area contributed by atoms with E-state index in [0.717, 1.165) is 24.8 Å². The molecule has 47 heavy (non-hydrogen) atoms. The van der Waals surface area contributed by atoms with E-state index in [1.807, 2.05) is 51.1 Å². The topological polar surface area (TPSA) is 145 Å². The van der Waals surface area contributed by atoms with Gasteiger partial charge >= 0.3 is 6.09 Å². The summed E-state index contributed by atoms with van der Waals surface area (Å²) in [6.45, 7) is 6.49. The van der Waals surface area contributed by atoms with Crippen molar-refractivity contribution in [1.29, 1.82) is 0 Å². The molecule has 2 aromatic carbocycles. The van der Waals surface area contributed by atoms with Gasteiger partial charge in [-0.3, -0.25) is 4.21 Å². The van der Waals surface area contributed by atoms with Crippen LogP contribution in [0.15, 0.2) is 64.1 Å². The smallest absolute Gasteiger partial charge is 0.407 e. The minimum absolute atomic E-state index is 0.0430. The maximum Gasteiger partial charge on any atom is 0.407 e. The number of carbonyl (C=O) groups excluding carboxylic acids is 1. The second-order valence-corrected chi connectivity index (χ2v) is 16.3. The summed E-state index contributed by atoms with van der Waals surface area (Å²) in [5.41, 5.74) is 2.06. The average Bonchev–Trinajstić information content (AvgIpc) is 3.77. The van der Waals surface area contributed by atoms with Crippen molar-refractivity contribution in [2.45, 2.75) is 81.6 Å². The van der Waals surface area contributed by atoms with Crippen LogP contribution in [0.3, 0.4) is 0 Å². The first-order valence-electron chi connectivity index (χ1n) is 16.3. The van der Waals surface area contributed by atoms with Gasteiger partial charge in [-0.05, 0) is 48.9 Å². The van der Waals surface area contributed by atoms with Gasteiger partial charge in [0, 0.05) is 40.6 Å². The minimum Gasteiger partial charge on any atom is -0.464 e. The zero-order valence-electron chi connectivity index (χ0n) is 27.2. The van der Waals surface area contributed by atoms with Crippen LogP contribution in [0.25, 0.3) is 11.0 Å². The second-order valence-electron chi connectivity index (χ2n) is 12.8. The highest BCUT2D eigenvalue weighted by atomic mass is 32.2. The molecule has 2 saturated heterocycles. The molecule has 0 aliphatic carbocycles. The van der Waals surface area contributed by atoms with E-state index in [-0.39, 0.29) is 54.9 Å². The van der Waals surface area contributed by atoms with Gasteiger partial charge in [0.15, 0.2) is 6.29 Å². The SMILES string of the molecule is CCCCS(=O)Cc1coc2ccc(S(=O)(=O)N(CC(C)C)C[C@@H](O)[C@H](Cc3ccccc3)NC(=O)O[C@H]3CO[C@H]4OCC[C@H]43)cc12. The molecular weight excluding hydrogens is 645 g/mol. The summed E-state index contributed by atoms with van der Waals surface area (Å²) in [4.78, 5) is 13.2. The number of ether oxygens (including phenoxy) is 3. The van der Waals surface area contributed by atoms with Crippen LogP contribution in [0.4, 0.5) is 4.79 Å². The molecule has 1 aromatic heterocycles. The van der Waals surface area contributed by atoms with Gasteiger partial charge in [-0.2, -0.15) is 4.31 Å². The summed E-state index contributed by atoms with van der Waals surface area (Å²) in [5.74, 6) is 0.738. The number of fused-ring (bicyclic) bond motifs is 2. The zero-order valence-corrected chi connectivity index (χ0v) is 28.8. The van der Waals surface area contributed by atoms with E-state index in [1.165, 1.54) is 16.6 Å². The summed E-state index contributed by atoms with van der Waals surface area (Å²) >= 11 is 0. The van der Waals surface area contributed by atoms with Crippen LogP contribution in [0.1, 0.15) is 51.2 Å². The maximum absolute atomic E-state index is 14.2. The van der Waals surface area contributed by atoms with Gasteiger partial charge in [-0.15, -0.1) is 0 Å². The van der Waals surface area contributed by atoms with Gasteiger partial charge in [0.2, 0.25) is 10.0 Å². The number of carbonyl (C=O) groups is 1. The quantitative estimate of drug-likeness (QED) is 0.221. The predicted molar refractivity (Wildman–Crippen MR) is 179 cm³/mol. The first kappa shape index (κ1) is 35.5. The molecule has 5 rings (SSSR count). The van der Waals surface area contributed by atoms with Crippen LogP contribution in [0.5, 0.6) is 0 Å². The second kappa shape index (κ2) is 16.1. The standard InChI is InChI=1S/C34H46N2O9S2/c1-4-5-15-46(39)22-25-20-43-31-12-11-26(17-28(25)31)47(40,41)36(18-23(2)3)19-30(37)29(16-24-9-7-6-8-10-24)35-34(38)45-32-21-44-33-27(32)13-14-42-33/h6-12,17,20,23,27,29-30,32-33,37H,4-5,13-16,18-19,21-22H2,1-3H3,(H,35,38)/t27-,29-,30+,32-,33+,46?/m0/s1. The van der Waals surface area contributed by atoms with Crippen molar-refractivity contribution in [3.05, 3.63) is 65.9 Å². The largest absolute Gasteiger partial charge is 0.464 e. The molecule has 2 aliphatic rings. The van der Waals surface area contributed by atoms with Crippen molar-refractivity contribution in [3.8, 4) is 0 Å². The third-order valence-electron chi connectivity index (χ3n) is 8.57. The first-order valence-corrected chi connectivity index (χ1v) is 19.3. The number of rotatable bonds is 16. The monoisotopic (exact) mass is 690 g/mol. The van der Waals surface area contributed by atoms with Crippen molar-refractivity contribution in [3.63, 3.8) is 0 Å². The highest BCUT2D eigenvalue weighted by Crippen LogP contribution is 2.33. The number of amides is 1. The number of aliphatic hydroxyl groups excluding tert-OH is 1. The number of unbranched alkanes of at least 4 members (excludes halogenated alkanes) is 1. The summed E-state index contributed by atoms with van der Waals surface area (Å²) in [7, 11) is -5.20. The predicted octanol–water partition coefficient (Wildman–Crippen LogP) is 4.59. The Balaban J connectivity index is 1.35. The molecule has 0 saturated carbocycles. The number of sulfonamides is 1. The molecule has 3 heterocycles. The first-order chi connectivity index (χ1) is 22.5. The Labute approximate surface area is 279 Å². The third kappa shape index (κ3) is 9.01. The molecule has 2 N–H and O–H groups in total. The lowest BCUT2D eigenvalue weighted by Crippen LogP contribution is -2.51. The normalized spacial score (nSPS) is 21.6. The highest BCUT2D eigenvalue weighted by molar-refractivity contribution is 7.89. The molecule has 13 heteroatoms. The van der Waals surface area contributed by atoms with Gasteiger partial charge in [0.25, 0.3) is 0 Å². The van der Waals surface area contributed by atoms with Gasteiger partial charge in [0.05, 0.1) is 48.2 Å². The highest BCUT2D eigenvalue weighted by Gasteiger charge is 2.44. The number of benzene rings is 2. The number of hydrogen-bond donors (Lipinski definition) is 2. The molecule has 2 fully saturated rings. The van der Waals surface area contributed by atoms with E-state index in [0.29, 0.717) is 28.9 Å². The third-order valence-corrected chi connectivity index (χ3v) is 11.8. The van der Waals surface area contributed by atoms with E-state index in [2.05, 4.69) is 5.32 Å². The summed E-state index contributed by atoms with van der Waals surface area (Å²) in [6.07, 6.45) is 1.47. The maximum atomic E-state index is 14.2. The lowest BCUT2D eigenvalue weighted by Gasteiger charge is -2.31. The van der Waals surface area contributed by atoms with Crippen LogP contribution >= 0.6 is 0 Å². The Bertz CT molecular complexity index is 1610. The molecule has 6 atom stereocenters. The minimum atomic E-state index is -4.10. The Hall–Kier alpha value is -2.81. The van der Waals surface area contributed by atoms with Crippen LogP contribution in [-0.2, 0) is 47.2 Å². The molecule has 2 aliphatic heterocycles. The lowest BCUT2D eigenvalue weighted by molar-refractivity contribution is -0.0907. The molecule has 0 spiro atoms. The average molecular weight is 691 g/mol. The van der Waals surface area contributed by atoms with Crippen molar-refractivity contribution >= 4 is 37.9 Å². The van der Waals surface area contributed by atoms with Gasteiger partial charge in [0.1, 0.15) is 11.7 Å². The van der Waals surface area contributed by atoms with Crippen molar-refractivity contribution in [2.75, 3.05) is 32.1 Å². The summed E-state index contributed by atoms with van der Waals surface area (Å²) in [5, 5.41) is 15.0. The fourth-order valence-electron chi connectivity index (χ4n) is 6.07. The van der Waals surface area contributed by atoms with Crippen molar-refractivity contribution in [1.82, 2.24) is 9.62 Å². The number of hydrogen-bond acceptors (Lipinski definition) is 9. The van der Waals surface area contributed by atoms with E-state index < -0.39 is 45.2 Å². The van der Waals surface area contributed by atoms with Crippen molar-refractivity contribution in [2.24, 2.45) is 11.8 Å². The molecule has 0 radical (unpaired) electrons. The Morgan fingerprint density at radius 2 is 1.94 bits per heavy atom. The summed E-state index contributed by atoms with van der Waals surface area (Å²) < 4.78 is 64.7. The lowest BCUT2D eigenvalue weighted by atomic mass is 10.0. The van der Waals surface area contributed by atoms with E-state index in [1.54, 1.807) is 12.1 Å². The van der Waals surface area contributed by atoms with Crippen LogP contribution in [0, 0.1) is 11.8 Å². The van der Waals surface area contributed by atoms with Crippen LogP contribution in [0.2, 0.25) is 0 Å². The number of aliphatic hydroxyl groups is 1. The molecule has 3 aromatic rings. The van der Waals surface area contributed by atoms with Crippen LogP contribution < -0.4 is 5.32 Å². The van der Waals surface area contributed by atoms with Crippen molar-refractivity contribution < 1.29 is 41.2 Å². The number of nitrogens with one attached hydrogen (secondary N) is 1. The Morgan fingerprint density at radius 3 is 2.68 bits per heavy atom. The number of alkyl carbamates (subject to hydrolysis) is 1. The van der Waals surface area contributed by atoms with E-state index >= 15 is 0 Å². The number of nitrogens with zero attached hydrogens (tertiary/aromatic N) is 1. The molecule has 1 unspecified atom stereocenters. The Kier molecular flexibility index (Phi) is 12.1. The molecule has 0 bridgehead atoms. The Morgan fingerprint density at radius 1 is 1.15 bits per heavy atom. The van der Waals surface area contributed by atoms with Crippen LogP contribution in [-0.4, -0.2) is 84.7 Å². The zero-order chi connectivity index (χ0) is 33.6. The fourth-order valence-corrected chi connectivity index (χ4v) is 9.04. The van der Waals surface area contributed by atoms with Gasteiger partial charge < -0.3 is 29.1 Å². The molecule has 258 valence electrons. The summed E-state index contributed by atoms with van der Waals surface area (Å²) in [6, 6.07) is 13.2. The fraction of sp³-hybridized carbons (Fsp3) is 0.559. The molecular formula is C34H46N2O9S2. The molecule has 1 amide bonds. The van der Waals surface area contributed by atoms with Gasteiger partial charge in [-0.1, -0.05) is 57.5 Å². The van der Waals surface area contributed by atoms with E-state index in [9.17, 15) is 22.5 Å². The number of furan rings is 1. The van der Waals surface area contributed by atoms with Gasteiger partial charge in [-0.25, -0.2) is 13.2 Å².